The Morgan fingerprint density at radius 1 is 1.62 bits per heavy atom. The van der Waals surface area contributed by atoms with Crippen LogP contribution in [0.4, 0.5) is 5.69 Å². The third kappa shape index (κ3) is 1.83. The molecule has 0 saturated carbocycles. The van der Waals surface area contributed by atoms with Crippen LogP contribution in [0, 0.1) is 21.4 Å². The van der Waals surface area contributed by atoms with Gasteiger partial charge in [0.2, 0.25) is 0 Å². The number of carbonyl (C=O) groups is 1. The molecule has 1 rings (SSSR count). The van der Waals surface area contributed by atoms with Gasteiger partial charge < -0.3 is 5.11 Å². The van der Waals surface area contributed by atoms with Crippen LogP contribution in [0.5, 0.6) is 0 Å². The molecule has 0 aromatic heterocycles. The van der Waals surface area contributed by atoms with Gasteiger partial charge in [0.15, 0.2) is 0 Å². The number of hydrogen-bond donors (Lipinski definition) is 1. The number of aromatic carboxylic acids is 1. The van der Waals surface area contributed by atoms with E-state index in [0.717, 1.165) is 0 Å². The summed E-state index contributed by atoms with van der Waals surface area (Å²) in [5, 5.41) is 28.4. The Balaban J connectivity index is 3.68. The first-order valence-corrected chi connectivity index (χ1v) is 4.46. The van der Waals surface area contributed by atoms with Crippen molar-refractivity contribution in [2.24, 2.45) is 0 Å². The fraction of sp³-hybridized carbons (Fsp3) is 0.200. The van der Waals surface area contributed by atoms with Crippen molar-refractivity contribution in [2.45, 2.75) is 13.3 Å². The van der Waals surface area contributed by atoms with Crippen LogP contribution >= 0.6 is 0 Å². The van der Waals surface area contributed by atoms with E-state index in [2.05, 4.69) is 0 Å². The van der Waals surface area contributed by atoms with Gasteiger partial charge in [0.1, 0.15) is 17.2 Å². The molecular formula is C10H8N2O4. The third-order valence-corrected chi connectivity index (χ3v) is 2.16. The summed E-state index contributed by atoms with van der Waals surface area (Å²) >= 11 is 0. The molecule has 6 nitrogen and oxygen atoms in total. The average Bonchev–Trinajstić information content (AvgIpc) is 2.26. The standard InChI is InChI=1S/C10H8N2O4/c1-2-6-3-4-7(5-11)9(12(15)16)8(6)10(13)14/h3-4H,2H2,1H3,(H,13,14). The van der Waals surface area contributed by atoms with Crippen LogP contribution < -0.4 is 0 Å². The summed E-state index contributed by atoms with van der Waals surface area (Å²) in [5.74, 6) is -1.39. The Labute approximate surface area is 90.9 Å². The van der Waals surface area contributed by atoms with Gasteiger partial charge in [-0.2, -0.15) is 5.26 Å². The van der Waals surface area contributed by atoms with E-state index in [1.54, 1.807) is 13.0 Å². The normalized spacial score (nSPS) is 9.50. The van der Waals surface area contributed by atoms with Crippen LogP contribution in [0.3, 0.4) is 0 Å². The van der Waals surface area contributed by atoms with Gasteiger partial charge in [-0.05, 0) is 18.1 Å². The summed E-state index contributed by atoms with van der Waals surface area (Å²) in [7, 11) is 0. The van der Waals surface area contributed by atoms with Crippen molar-refractivity contribution in [3.05, 3.63) is 38.9 Å². The molecule has 0 spiro atoms. The van der Waals surface area contributed by atoms with Crippen LogP contribution in [0.2, 0.25) is 0 Å². The zero-order valence-electron chi connectivity index (χ0n) is 8.43. The van der Waals surface area contributed by atoms with Gasteiger partial charge in [0.05, 0.1) is 4.92 Å². The molecule has 0 heterocycles. The van der Waals surface area contributed by atoms with Crippen molar-refractivity contribution in [1.29, 1.82) is 5.26 Å². The lowest BCUT2D eigenvalue weighted by molar-refractivity contribution is -0.385. The molecule has 0 unspecified atom stereocenters. The molecule has 0 saturated heterocycles. The number of nitro groups is 1. The number of rotatable bonds is 3. The van der Waals surface area contributed by atoms with E-state index in [0.29, 0.717) is 12.0 Å². The molecule has 1 aromatic carbocycles. The molecule has 0 atom stereocenters. The quantitative estimate of drug-likeness (QED) is 0.616. The molecule has 0 aliphatic heterocycles. The molecule has 82 valence electrons. The number of nitriles is 1. The monoisotopic (exact) mass is 220 g/mol. The second-order valence-corrected chi connectivity index (χ2v) is 3.02. The summed E-state index contributed by atoms with van der Waals surface area (Å²) in [6.45, 7) is 1.69. The fourth-order valence-corrected chi connectivity index (χ4v) is 1.45. The molecular weight excluding hydrogens is 212 g/mol. The molecule has 0 bridgehead atoms. The van der Waals surface area contributed by atoms with Crippen molar-refractivity contribution in [1.82, 2.24) is 0 Å². The molecule has 0 aliphatic carbocycles. The van der Waals surface area contributed by atoms with Crippen LogP contribution in [-0.4, -0.2) is 16.0 Å². The highest BCUT2D eigenvalue weighted by Crippen LogP contribution is 2.27. The summed E-state index contributed by atoms with van der Waals surface area (Å²) < 4.78 is 0. The number of hydrogen-bond acceptors (Lipinski definition) is 4. The lowest BCUT2D eigenvalue weighted by atomic mass is 9.99. The van der Waals surface area contributed by atoms with Gasteiger partial charge in [-0.15, -0.1) is 0 Å². The third-order valence-electron chi connectivity index (χ3n) is 2.16. The number of carboxylic acid groups (broad SMARTS) is 1. The predicted octanol–water partition coefficient (Wildman–Crippen LogP) is 1.73. The summed E-state index contributed by atoms with van der Waals surface area (Å²) in [6, 6.07) is 4.31. The van der Waals surface area contributed by atoms with Crippen molar-refractivity contribution in [3.8, 4) is 6.07 Å². The Morgan fingerprint density at radius 3 is 2.62 bits per heavy atom. The lowest BCUT2D eigenvalue weighted by Crippen LogP contribution is -2.08. The lowest BCUT2D eigenvalue weighted by Gasteiger charge is -2.05. The van der Waals surface area contributed by atoms with Crippen molar-refractivity contribution in [2.75, 3.05) is 0 Å². The highest BCUT2D eigenvalue weighted by molar-refractivity contribution is 5.95. The van der Waals surface area contributed by atoms with Crippen molar-refractivity contribution in [3.63, 3.8) is 0 Å². The second-order valence-electron chi connectivity index (χ2n) is 3.02. The van der Waals surface area contributed by atoms with Crippen LogP contribution in [0.25, 0.3) is 0 Å². The van der Waals surface area contributed by atoms with E-state index in [1.807, 2.05) is 0 Å². The molecule has 1 aromatic rings. The largest absolute Gasteiger partial charge is 0.477 e. The average molecular weight is 220 g/mol. The van der Waals surface area contributed by atoms with Gasteiger partial charge in [0, 0.05) is 0 Å². The molecule has 0 amide bonds. The van der Waals surface area contributed by atoms with E-state index in [-0.39, 0.29) is 5.56 Å². The van der Waals surface area contributed by atoms with Crippen LogP contribution in [0.1, 0.15) is 28.4 Å². The number of nitrogens with zero attached hydrogens (tertiary/aromatic N) is 2. The Hall–Kier alpha value is -2.42. The summed E-state index contributed by atoms with van der Waals surface area (Å²) in [5.41, 5.74) is -0.918. The first kappa shape index (κ1) is 11.7. The topological polar surface area (TPSA) is 104 Å². The summed E-state index contributed by atoms with van der Waals surface area (Å²) in [6.07, 6.45) is 0.355. The number of benzene rings is 1. The van der Waals surface area contributed by atoms with Gasteiger partial charge in [-0.1, -0.05) is 13.0 Å². The number of aryl methyl sites for hydroxylation is 1. The molecule has 6 heteroatoms. The van der Waals surface area contributed by atoms with Crippen molar-refractivity contribution < 1.29 is 14.8 Å². The van der Waals surface area contributed by atoms with Gasteiger partial charge in [0.25, 0.3) is 0 Å². The van der Waals surface area contributed by atoms with E-state index < -0.39 is 22.1 Å². The van der Waals surface area contributed by atoms with Gasteiger partial charge in [-0.25, -0.2) is 4.79 Å². The Bertz CT molecular complexity index is 502. The van der Waals surface area contributed by atoms with Crippen LogP contribution in [0.15, 0.2) is 12.1 Å². The highest BCUT2D eigenvalue weighted by Gasteiger charge is 2.27. The first-order valence-electron chi connectivity index (χ1n) is 4.46. The number of carboxylic acids is 1. The molecule has 16 heavy (non-hydrogen) atoms. The highest BCUT2D eigenvalue weighted by atomic mass is 16.6. The maximum Gasteiger partial charge on any atom is 0.343 e. The Kier molecular flexibility index (Phi) is 3.20. The van der Waals surface area contributed by atoms with E-state index in [4.69, 9.17) is 10.4 Å². The molecule has 1 N–H and O–H groups in total. The van der Waals surface area contributed by atoms with Crippen molar-refractivity contribution >= 4 is 11.7 Å². The van der Waals surface area contributed by atoms with Gasteiger partial charge in [-0.3, -0.25) is 10.1 Å². The smallest absolute Gasteiger partial charge is 0.343 e. The zero-order valence-corrected chi connectivity index (χ0v) is 8.43. The Morgan fingerprint density at radius 2 is 2.25 bits per heavy atom. The molecule has 0 fully saturated rings. The minimum absolute atomic E-state index is 0.236. The SMILES string of the molecule is CCc1ccc(C#N)c([N+](=O)[O-])c1C(=O)O. The van der Waals surface area contributed by atoms with Gasteiger partial charge >= 0.3 is 11.7 Å². The maximum absolute atomic E-state index is 11.0. The predicted molar refractivity (Wildman–Crippen MR) is 54.1 cm³/mol. The molecule has 0 radical (unpaired) electrons. The number of nitro benzene ring substituents is 1. The minimum Gasteiger partial charge on any atom is -0.477 e. The first-order chi connectivity index (χ1) is 7.52. The van der Waals surface area contributed by atoms with E-state index >= 15 is 0 Å². The minimum atomic E-state index is -1.39. The second kappa shape index (κ2) is 4.40. The maximum atomic E-state index is 11.0. The fourth-order valence-electron chi connectivity index (χ4n) is 1.45. The van der Waals surface area contributed by atoms with Crippen LogP contribution in [-0.2, 0) is 6.42 Å². The zero-order chi connectivity index (χ0) is 12.3. The summed E-state index contributed by atoms with van der Waals surface area (Å²) in [4.78, 5) is 20.9. The van der Waals surface area contributed by atoms with E-state index in [9.17, 15) is 14.9 Å². The molecule has 0 aliphatic rings. The van der Waals surface area contributed by atoms with E-state index in [1.165, 1.54) is 12.1 Å².